The number of carbonyl (C=O) groups is 1. The Morgan fingerprint density at radius 2 is 2.26 bits per heavy atom. The molecule has 1 fully saturated rings. The predicted octanol–water partition coefficient (Wildman–Crippen LogP) is 2.66. The van der Waals surface area contributed by atoms with E-state index in [9.17, 15) is 4.79 Å². The summed E-state index contributed by atoms with van der Waals surface area (Å²) < 4.78 is 10.5. The number of carbonyl (C=O) groups excluding carboxylic acids is 1. The third-order valence-electron chi connectivity index (χ3n) is 3.80. The highest BCUT2D eigenvalue weighted by Gasteiger charge is 2.22. The van der Waals surface area contributed by atoms with Crippen LogP contribution in [0.5, 0.6) is 5.75 Å². The average Bonchev–Trinajstić information content (AvgIpc) is 3.27. The maximum absolute atomic E-state index is 11.9. The first-order chi connectivity index (χ1) is 11.3. The first kappa shape index (κ1) is 16.0. The van der Waals surface area contributed by atoms with Crippen LogP contribution in [0.1, 0.15) is 17.8 Å². The molecule has 1 unspecified atom stereocenters. The number of hydrogen-bond acceptors (Lipinski definition) is 5. The largest absolute Gasteiger partial charge is 0.497 e. The van der Waals surface area contributed by atoms with E-state index in [1.54, 1.807) is 18.4 Å². The molecule has 1 saturated heterocycles. The normalized spacial score (nSPS) is 17.2. The van der Waals surface area contributed by atoms with E-state index in [1.807, 2.05) is 29.6 Å². The van der Waals surface area contributed by atoms with Gasteiger partial charge < -0.3 is 14.8 Å². The van der Waals surface area contributed by atoms with Crippen LogP contribution in [0.15, 0.2) is 29.6 Å². The summed E-state index contributed by atoms with van der Waals surface area (Å²) in [6.45, 7) is 1.28. The Hall–Kier alpha value is -1.92. The minimum Gasteiger partial charge on any atom is -0.497 e. The van der Waals surface area contributed by atoms with Crippen LogP contribution in [-0.4, -0.2) is 37.3 Å². The highest BCUT2D eigenvalue weighted by molar-refractivity contribution is 7.09. The molecule has 1 aliphatic rings. The van der Waals surface area contributed by atoms with Gasteiger partial charge in [0.1, 0.15) is 11.9 Å². The summed E-state index contributed by atoms with van der Waals surface area (Å²) in [5, 5.41) is 5.98. The fourth-order valence-corrected chi connectivity index (χ4v) is 3.32. The Kier molecular flexibility index (Phi) is 5.25. The molecular formula is C17H20N2O3S. The van der Waals surface area contributed by atoms with Gasteiger partial charge in [-0.25, -0.2) is 4.98 Å². The zero-order valence-corrected chi connectivity index (χ0v) is 13.9. The van der Waals surface area contributed by atoms with Crippen molar-refractivity contribution in [3.05, 3.63) is 34.7 Å². The number of rotatable bonds is 6. The SMILES string of the molecule is COc1ccc(-c2csc(CCNC(=O)C3CCCO3)n2)cc1. The van der Waals surface area contributed by atoms with Crippen molar-refractivity contribution < 1.29 is 14.3 Å². The summed E-state index contributed by atoms with van der Waals surface area (Å²) in [5.74, 6) is 0.829. The number of nitrogens with one attached hydrogen (secondary N) is 1. The van der Waals surface area contributed by atoms with Crippen molar-refractivity contribution in [2.45, 2.75) is 25.4 Å². The quantitative estimate of drug-likeness (QED) is 0.883. The van der Waals surface area contributed by atoms with Crippen LogP contribution >= 0.6 is 11.3 Å². The Balaban J connectivity index is 1.51. The minimum atomic E-state index is -0.263. The highest BCUT2D eigenvalue weighted by atomic mass is 32.1. The lowest BCUT2D eigenvalue weighted by Gasteiger charge is -2.09. The van der Waals surface area contributed by atoms with Crippen LogP contribution in [0.2, 0.25) is 0 Å². The maximum atomic E-state index is 11.9. The maximum Gasteiger partial charge on any atom is 0.249 e. The van der Waals surface area contributed by atoms with E-state index in [4.69, 9.17) is 9.47 Å². The number of benzene rings is 1. The van der Waals surface area contributed by atoms with Crippen molar-refractivity contribution in [3.8, 4) is 17.0 Å². The van der Waals surface area contributed by atoms with Crippen LogP contribution in [-0.2, 0) is 16.0 Å². The van der Waals surface area contributed by atoms with Crippen LogP contribution in [0.3, 0.4) is 0 Å². The topological polar surface area (TPSA) is 60.5 Å². The molecule has 1 aromatic carbocycles. The second kappa shape index (κ2) is 7.57. The molecule has 1 amide bonds. The number of hydrogen-bond donors (Lipinski definition) is 1. The summed E-state index contributed by atoms with van der Waals surface area (Å²) in [6, 6.07) is 7.85. The van der Waals surface area contributed by atoms with Crippen LogP contribution in [0.25, 0.3) is 11.3 Å². The molecule has 23 heavy (non-hydrogen) atoms. The second-order valence-electron chi connectivity index (χ2n) is 5.40. The number of thiazole rings is 1. The molecule has 0 aliphatic carbocycles. The van der Waals surface area contributed by atoms with E-state index < -0.39 is 0 Å². The fraction of sp³-hybridized carbons (Fsp3) is 0.412. The molecule has 5 nitrogen and oxygen atoms in total. The third kappa shape index (κ3) is 4.09. The Labute approximate surface area is 139 Å². The molecule has 1 atom stereocenters. The van der Waals surface area contributed by atoms with E-state index in [0.717, 1.165) is 41.3 Å². The van der Waals surface area contributed by atoms with Gasteiger partial charge in [-0.3, -0.25) is 4.79 Å². The van der Waals surface area contributed by atoms with E-state index in [-0.39, 0.29) is 12.0 Å². The average molecular weight is 332 g/mol. The number of aromatic nitrogens is 1. The van der Waals surface area contributed by atoms with Crippen molar-refractivity contribution in [2.24, 2.45) is 0 Å². The molecule has 0 saturated carbocycles. The summed E-state index contributed by atoms with van der Waals surface area (Å²) in [4.78, 5) is 16.5. The first-order valence-corrected chi connectivity index (χ1v) is 8.62. The van der Waals surface area contributed by atoms with Gasteiger partial charge in [-0.2, -0.15) is 0 Å². The van der Waals surface area contributed by atoms with Crippen molar-refractivity contribution in [1.82, 2.24) is 10.3 Å². The predicted molar refractivity (Wildman–Crippen MR) is 89.8 cm³/mol. The minimum absolute atomic E-state index is 0.00515. The lowest BCUT2D eigenvalue weighted by atomic mass is 10.2. The van der Waals surface area contributed by atoms with Crippen molar-refractivity contribution in [3.63, 3.8) is 0 Å². The van der Waals surface area contributed by atoms with Crippen LogP contribution in [0, 0.1) is 0 Å². The molecule has 1 aromatic heterocycles. The highest BCUT2D eigenvalue weighted by Crippen LogP contribution is 2.24. The Morgan fingerprint density at radius 1 is 1.43 bits per heavy atom. The van der Waals surface area contributed by atoms with Gasteiger partial charge in [0, 0.05) is 30.5 Å². The van der Waals surface area contributed by atoms with E-state index >= 15 is 0 Å². The molecule has 0 radical (unpaired) electrons. The molecule has 0 spiro atoms. The van der Waals surface area contributed by atoms with Gasteiger partial charge in [0.05, 0.1) is 17.8 Å². The Morgan fingerprint density at radius 3 is 2.96 bits per heavy atom. The molecule has 2 aromatic rings. The van der Waals surface area contributed by atoms with Crippen LogP contribution < -0.4 is 10.1 Å². The number of ether oxygens (including phenoxy) is 2. The van der Waals surface area contributed by atoms with Gasteiger partial charge in [0.15, 0.2) is 0 Å². The number of nitrogens with zero attached hydrogens (tertiary/aromatic N) is 1. The third-order valence-corrected chi connectivity index (χ3v) is 4.71. The molecular weight excluding hydrogens is 312 g/mol. The lowest BCUT2D eigenvalue weighted by Crippen LogP contribution is -2.35. The standard InChI is InChI=1S/C17H20N2O3S/c1-21-13-6-4-12(5-7-13)14-11-23-16(19-14)8-9-18-17(20)15-3-2-10-22-15/h4-7,11,15H,2-3,8-10H2,1H3,(H,18,20). The van der Waals surface area contributed by atoms with Crippen molar-refractivity contribution in [1.29, 1.82) is 0 Å². The molecule has 3 rings (SSSR count). The zero-order valence-electron chi connectivity index (χ0n) is 13.1. The number of amides is 1. The van der Waals surface area contributed by atoms with Gasteiger partial charge in [0.25, 0.3) is 0 Å². The molecule has 1 aliphatic heterocycles. The molecule has 1 N–H and O–H groups in total. The van der Waals surface area contributed by atoms with Gasteiger partial charge >= 0.3 is 0 Å². The van der Waals surface area contributed by atoms with E-state index in [0.29, 0.717) is 13.2 Å². The summed E-state index contributed by atoms with van der Waals surface area (Å²) >= 11 is 1.61. The number of methoxy groups -OCH3 is 1. The molecule has 122 valence electrons. The van der Waals surface area contributed by atoms with Crippen molar-refractivity contribution in [2.75, 3.05) is 20.3 Å². The first-order valence-electron chi connectivity index (χ1n) is 7.74. The van der Waals surface area contributed by atoms with Crippen molar-refractivity contribution >= 4 is 17.2 Å². The van der Waals surface area contributed by atoms with E-state index in [1.165, 1.54) is 0 Å². The lowest BCUT2D eigenvalue weighted by molar-refractivity contribution is -0.129. The summed E-state index contributed by atoms with van der Waals surface area (Å²) in [5.41, 5.74) is 2.02. The van der Waals surface area contributed by atoms with E-state index in [2.05, 4.69) is 10.3 Å². The second-order valence-corrected chi connectivity index (χ2v) is 6.34. The zero-order chi connectivity index (χ0) is 16.1. The smallest absolute Gasteiger partial charge is 0.249 e. The summed E-state index contributed by atoms with van der Waals surface area (Å²) in [6.07, 6.45) is 2.26. The van der Waals surface area contributed by atoms with Crippen LogP contribution in [0.4, 0.5) is 0 Å². The summed E-state index contributed by atoms with van der Waals surface area (Å²) in [7, 11) is 1.65. The monoisotopic (exact) mass is 332 g/mol. The van der Waals surface area contributed by atoms with Gasteiger partial charge in [-0.15, -0.1) is 11.3 Å². The van der Waals surface area contributed by atoms with Gasteiger partial charge in [-0.1, -0.05) is 0 Å². The fourth-order valence-electron chi connectivity index (χ4n) is 2.51. The molecule has 2 heterocycles. The Bertz CT molecular complexity index is 648. The molecule has 0 bridgehead atoms. The van der Waals surface area contributed by atoms with Gasteiger partial charge in [0.2, 0.25) is 5.91 Å². The van der Waals surface area contributed by atoms with Gasteiger partial charge in [-0.05, 0) is 37.1 Å². The molecule has 6 heteroatoms.